The normalized spacial score (nSPS) is 46.3. The van der Waals surface area contributed by atoms with E-state index in [0.29, 0.717) is 48.8 Å². The molecule has 0 aromatic heterocycles. The van der Waals surface area contributed by atoms with Gasteiger partial charge in [0.2, 0.25) is 0 Å². The Morgan fingerprint density at radius 2 is 1.88 bits per heavy atom. The van der Waals surface area contributed by atoms with E-state index in [0.717, 1.165) is 51.4 Å². The summed E-state index contributed by atoms with van der Waals surface area (Å²) in [6.45, 7) is 6.82. The van der Waals surface area contributed by atoms with Crippen LogP contribution in [-0.2, 0) is 4.84 Å². The van der Waals surface area contributed by atoms with E-state index in [1.54, 1.807) is 0 Å². The minimum atomic E-state index is -0.545. The Morgan fingerprint density at radius 3 is 2.69 bits per heavy atom. The van der Waals surface area contributed by atoms with Gasteiger partial charge in [0.05, 0.1) is 18.3 Å². The maximum atomic E-state index is 12.2. The SMILES string of the molecule is C[C@]12CCC(O)CC1CC[C@@H]1[C@H]2CC[C@]2(C)C(C=CC=CCNOCCCN)CC[C@@]12O. The van der Waals surface area contributed by atoms with Crippen molar-refractivity contribution < 1.29 is 15.1 Å². The lowest BCUT2D eigenvalue weighted by molar-refractivity contribution is -0.207. The third-order valence-corrected chi connectivity index (χ3v) is 10.2. The van der Waals surface area contributed by atoms with E-state index in [1.165, 1.54) is 12.8 Å². The molecule has 5 nitrogen and oxygen atoms in total. The fourth-order valence-corrected chi connectivity index (χ4v) is 8.23. The zero-order chi connectivity index (χ0) is 22.8. The summed E-state index contributed by atoms with van der Waals surface area (Å²) in [5, 5.41) is 22.4. The van der Waals surface area contributed by atoms with Gasteiger partial charge in [-0.3, -0.25) is 0 Å². The Labute approximate surface area is 194 Å². The van der Waals surface area contributed by atoms with Crippen molar-refractivity contribution in [3.63, 3.8) is 0 Å². The van der Waals surface area contributed by atoms with Crippen molar-refractivity contribution in [2.45, 2.75) is 89.8 Å². The van der Waals surface area contributed by atoms with Gasteiger partial charge in [0.1, 0.15) is 0 Å². The molecular weight excluding hydrogens is 400 g/mol. The molecule has 0 radical (unpaired) electrons. The molecule has 32 heavy (non-hydrogen) atoms. The van der Waals surface area contributed by atoms with E-state index in [-0.39, 0.29) is 11.5 Å². The van der Waals surface area contributed by atoms with Crippen LogP contribution in [0.2, 0.25) is 0 Å². The molecule has 3 unspecified atom stereocenters. The van der Waals surface area contributed by atoms with Crippen LogP contribution >= 0.6 is 0 Å². The molecule has 4 saturated carbocycles. The van der Waals surface area contributed by atoms with Crippen molar-refractivity contribution in [1.29, 1.82) is 0 Å². The Hall–Kier alpha value is -0.720. The molecule has 0 amide bonds. The quantitative estimate of drug-likeness (QED) is 0.256. The van der Waals surface area contributed by atoms with Gasteiger partial charge in [0.15, 0.2) is 0 Å². The number of hydrogen-bond donors (Lipinski definition) is 4. The third kappa shape index (κ3) is 4.24. The number of hydrogen-bond acceptors (Lipinski definition) is 5. The van der Waals surface area contributed by atoms with Crippen LogP contribution in [0.25, 0.3) is 0 Å². The maximum absolute atomic E-state index is 12.2. The van der Waals surface area contributed by atoms with Gasteiger partial charge in [-0.1, -0.05) is 38.2 Å². The summed E-state index contributed by atoms with van der Waals surface area (Å²) < 4.78 is 0. The monoisotopic (exact) mass is 446 g/mol. The van der Waals surface area contributed by atoms with Crippen LogP contribution in [0.3, 0.4) is 0 Å². The summed E-state index contributed by atoms with van der Waals surface area (Å²) in [4.78, 5) is 5.30. The van der Waals surface area contributed by atoms with Crippen LogP contribution in [0.4, 0.5) is 0 Å². The van der Waals surface area contributed by atoms with Crippen molar-refractivity contribution in [2.24, 2.45) is 40.2 Å². The van der Waals surface area contributed by atoms with Gasteiger partial charge in [-0.15, -0.1) is 0 Å². The van der Waals surface area contributed by atoms with Crippen molar-refractivity contribution in [3.8, 4) is 0 Å². The number of rotatable bonds is 8. The van der Waals surface area contributed by atoms with Crippen molar-refractivity contribution in [2.75, 3.05) is 19.7 Å². The van der Waals surface area contributed by atoms with Gasteiger partial charge in [0.25, 0.3) is 0 Å². The Balaban J connectivity index is 1.38. The van der Waals surface area contributed by atoms with Gasteiger partial charge in [0, 0.05) is 12.0 Å². The zero-order valence-corrected chi connectivity index (χ0v) is 20.3. The topological polar surface area (TPSA) is 87.7 Å². The van der Waals surface area contributed by atoms with Crippen LogP contribution in [0.5, 0.6) is 0 Å². The second kappa shape index (κ2) is 9.87. The molecule has 0 heterocycles. The fraction of sp³-hybridized carbons (Fsp3) is 0.852. The molecule has 0 spiro atoms. The van der Waals surface area contributed by atoms with Crippen LogP contribution in [0.15, 0.2) is 24.3 Å². The first-order valence-corrected chi connectivity index (χ1v) is 13.1. The average Bonchev–Trinajstić information content (AvgIpc) is 3.04. The lowest BCUT2D eigenvalue weighted by Crippen LogP contribution is -2.62. The lowest BCUT2D eigenvalue weighted by Gasteiger charge is -2.63. The molecule has 0 bridgehead atoms. The highest BCUT2D eigenvalue weighted by atomic mass is 16.6. The van der Waals surface area contributed by atoms with Gasteiger partial charge < -0.3 is 20.8 Å². The van der Waals surface area contributed by atoms with E-state index in [9.17, 15) is 10.2 Å². The summed E-state index contributed by atoms with van der Waals surface area (Å²) in [6.07, 6.45) is 19.1. The van der Waals surface area contributed by atoms with Crippen LogP contribution in [-0.4, -0.2) is 41.6 Å². The second-order valence-electron chi connectivity index (χ2n) is 11.6. The van der Waals surface area contributed by atoms with Gasteiger partial charge >= 0.3 is 0 Å². The molecule has 0 saturated heterocycles. The molecule has 5 heteroatoms. The molecule has 4 aliphatic carbocycles. The Kier molecular flexibility index (Phi) is 7.53. The summed E-state index contributed by atoms with van der Waals surface area (Å²) in [7, 11) is 0. The molecule has 0 aromatic carbocycles. The van der Waals surface area contributed by atoms with Crippen LogP contribution in [0, 0.1) is 34.5 Å². The number of nitrogens with two attached hydrogens (primary N) is 1. The van der Waals surface area contributed by atoms with E-state index >= 15 is 0 Å². The molecule has 4 fully saturated rings. The predicted octanol–water partition coefficient (Wildman–Crippen LogP) is 4.10. The summed E-state index contributed by atoms with van der Waals surface area (Å²) in [5.41, 5.74) is 8.12. The first-order valence-electron chi connectivity index (χ1n) is 13.1. The second-order valence-corrected chi connectivity index (χ2v) is 11.6. The number of aliphatic hydroxyl groups is 2. The number of allylic oxidation sites excluding steroid dienone is 3. The fourth-order valence-electron chi connectivity index (χ4n) is 8.23. The van der Waals surface area contributed by atoms with Crippen LogP contribution < -0.4 is 11.2 Å². The largest absolute Gasteiger partial charge is 0.393 e. The molecule has 5 N–H and O–H groups in total. The van der Waals surface area contributed by atoms with E-state index in [2.05, 4.69) is 43.6 Å². The summed E-state index contributed by atoms with van der Waals surface area (Å²) in [5.74, 6) is 2.10. The molecule has 4 rings (SSSR count). The highest BCUT2D eigenvalue weighted by molar-refractivity contribution is 5.20. The maximum Gasteiger partial charge on any atom is 0.0737 e. The van der Waals surface area contributed by atoms with Gasteiger partial charge in [-0.25, -0.2) is 0 Å². The smallest absolute Gasteiger partial charge is 0.0737 e. The predicted molar refractivity (Wildman–Crippen MR) is 129 cm³/mol. The number of hydroxylamine groups is 1. The highest BCUT2D eigenvalue weighted by Gasteiger charge is 2.66. The highest BCUT2D eigenvalue weighted by Crippen LogP contribution is 2.69. The minimum Gasteiger partial charge on any atom is -0.393 e. The molecule has 0 aliphatic heterocycles. The minimum absolute atomic E-state index is 0.0283. The number of fused-ring (bicyclic) bond motifs is 5. The average molecular weight is 447 g/mol. The molecular formula is C27H46N2O3. The van der Waals surface area contributed by atoms with Crippen molar-refractivity contribution in [1.82, 2.24) is 5.48 Å². The van der Waals surface area contributed by atoms with E-state index < -0.39 is 5.60 Å². The zero-order valence-electron chi connectivity index (χ0n) is 20.3. The van der Waals surface area contributed by atoms with Crippen molar-refractivity contribution in [3.05, 3.63) is 24.3 Å². The third-order valence-electron chi connectivity index (χ3n) is 10.2. The van der Waals surface area contributed by atoms with Gasteiger partial charge in [-0.2, -0.15) is 5.48 Å². The summed E-state index contributed by atoms with van der Waals surface area (Å²) in [6, 6.07) is 0. The summed E-state index contributed by atoms with van der Waals surface area (Å²) >= 11 is 0. The van der Waals surface area contributed by atoms with Crippen LogP contribution in [0.1, 0.15) is 78.1 Å². The first kappa shape index (κ1) is 24.4. The standard InChI is InChI=1S/C27H46N2O3/c1-25-13-11-22(30)19-21(25)8-9-24-23(25)12-14-26(2)20(10-15-27(24,26)31)7-4-3-5-17-29-32-18-6-16-28/h3-5,7,20-24,29-31H,6,8-19,28H2,1-2H3/t20?,21?,22?,23-,24-,25+,26-,27-/m1/s1. The van der Waals surface area contributed by atoms with Crippen molar-refractivity contribution >= 4 is 0 Å². The lowest BCUT2D eigenvalue weighted by atomic mass is 9.43. The Morgan fingerprint density at radius 1 is 1.03 bits per heavy atom. The number of aliphatic hydroxyl groups excluding tert-OH is 1. The molecule has 182 valence electrons. The molecule has 0 aromatic rings. The first-order chi connectivity index (χ1) is 15.3. The Bertz CT molecular complexity index is 696. The van der Waals surface area contributed by atoms with Gasteiger partial charge in [-0.05, 0) is 99.8 Å². The van der Waals surface area contributed by atoms with E-state index in [1.807, 2.05) is 0 Å². The molecule has 8 atom stereocenters. The molecule has 4 aliphatic rings. The number of nitrogens with one attached hydrogen (secondary N) is 1. The van der Waals surface area contributed by atoms with E-state index in [4.69, 9.17) is 10.6 Å².